The molecule has 0 aliphatic carbocycles. The van der Waals surface area contributed by atoms with E-state index in [4.69, 9.17) is 4.74 Å². The summed E-state index contributed by atoms with van der Waals surface area (Å²) in [6.45, 7) is 12.9. The number of carbonyl (C=O) groups is 1. The lowest BCUT2D eigenvalue weighted by Crippen LogP contribution is -2.36. The maximum atomic E-state index is 11.9. The molecule has 0 unspecified atom stereocenters. The van der Waals surface area contributed by atoms with Crippen LogP contribution in [0, 0.1) is 0 Å². The SMILES string of the molecule is CC.CC1=CCC=NC=C1.CCOC(=O)N1CCc2c(c3ccccc3n2CC)C1. The van der Waals surface area contributed by atoms with E-state index in [1.807, 2.05) is 39.3 Å². The van der Waals surface area contributed by atoms with Gasteiger partial charge in [0.1, 0.15) is 0 Å². The molecule has 2 aliphatic heterocycles. The summed E-state index contributed by atoms with van der Waals surface area (Å²) in [7, 11) is 0. The maximum absolute atomic E-state index is 11.9. The Kier molecular flexibility index (Phi) is 9.39. The molecule has 4 rings (SSSR count). The minimum atomic E-state index is -0.202. The number of carbonyl (C=O) groups excluding carboxylic acids is 1. The van der Waals surface area contributed by atoms with E-state index in [0.717, 1.165) is 25.9 Å². The fourth-order valence-corrected chi connectivity index (χ4v) is 3.72. The first-order chi connectivity index (χ1) is 14.7. The molecule has 0 fully saturated rings. The van der Waals surface area contributed by atoms with Crippen LogP contribution in [-0.4, -0.2) is 34.9 Å². The van der Waals surface area contributed by atoms with Crippen molar-refractivity contribution < 1.29 is 9.53 Å². The second kappa shape index (κ2) is 12.0. The molecule has 1 aromatic heterocycles. The van der Waals surface area contributed by atoms with Crippen LogP contribution in [0.1, 0.15) is 52.3 Å². The smallest absolute Gasteiger partial charge is 0.410 e. The Balaban J connectivity index is 0.000000269. The van der Waals surface area contributed by atoms with Crippen LogP contribution < -0.4 is 0 Å². The quantitative estimate of drug-likeness (QED) is 0.599. The largest absolute Gasteiger partial charge is 0.450 e. The molecule has 0 spiro atoms. The van der Waals surface area contributed by atoms with Crippen LogP contribution in [0.25, 0.3) is 10.9 Å². The first kappa shape index (κ1) is 23.5. The summed E-state index contributed by atoms with van der Waals surface area (Å²) < 4.78 is 7.49. The van der Waals surface area contributed by atoms with Crippen LogP contribution in [-0.2, 0) is 24.2 Å². The maximum Gasteiger partial charge on any atom is 0.410 e. The van der Waals surface area contributed by atoms with E-state index in [1.54, 1.807) is 4.90 Å². The zero-order valence-electron chi connectivity index (χ0n) is 19.0. The molecule has 0 radical (unpaired) electrons. The van der Waals surface area contributed by atoms with Crippen molar-refractivity contribution in [2.45, 2.75) is 60.5 Å². The molecule has 2 aromatic rings. The number of hydrogen-bond donors (Lipinski definition) is 0. The molecule has 2 aliphatic rings. The van der Waals surface area contributed by atoms with Crippen molar-refractivity contribution in [3.8, 4) is 0 Å². The van der Waals surface area contributed by atoms with E-state index >= 15 is 0 Å². The van der Waals surface area contributed by atoms with E-state index in [1.165, 1.54) is 27.7 Å². The van der Waals surface area contributed by atoms with Crippen LogP contribution in [0.15, 0.2) is 53.2 Å². The van der Waals surface area contributed by atoms with Gasteiger partial charge in [0.05, 0.1) is 13.2 Å². The highest BCUT2D eigenvalue weighted by Crippen LogP contribution is 2.31. The van der Waals surface area contributed by atoms with E-state index in [-0.39, 0.29) is 6.09 Å². The van der Waals surface area contributed by atoms with Gasteiger partial charge in [-0.2, -0.15) is 0 Å². The number of aryl methyl sites for hydroxylation is 1. The van der Waals surface area contributed by atoms with Crippen molar-refractivity contribution in [3.05, 3.63) is 59.4 Å². The highest BCUT2D eigenvalue weighted by Gasteiger charge is 2.26. The number of aliphatic imine (C=N–C) groups is 1. The first-order valence-corrected chi connectivity index (χ1v) is 11.0. The number of para-hydroxylation sites is 1. The third-order valence-corrected chi connectivity index (χ3v) is 5.08. The van der Waals surface area contributed by atoms with Crippen molar-refractivity contribution in [2.24, 2.45) is 4.99 Å². The van der Waals surface area contributed by atoms with Gasteiger partial charge >= 0.3 is 6.09 Å². The Morgan fingerprint density at radius 3 is 2.70 bits per heavy atom. The second-order valence-corrected chi connectivity index (χ2v) is 6.89. The number of fused-ring (bicyclic) bond motifs is 3. The Morgan fingerprint density at radius 1 is 1.20 bits per heavy atom. The van der Waals surface area contributed by atoms with Crippen LogP contribution in [0.2, 0.25) is 0 Å². The molecule has 5 nitrogen and oxygen atoms in total. The number of aromatic nitrogens is 1. The van der Waals surface area contributed by atoms with E-state index in [0.29, 0.717) is 13.2 Å². The van der Waals surface area contributed by atoms with Gasteiger partial charge in [-0.25, -0.2) is 4.79 Å². The summed E-state index contributed by atoms with van der Waals surface area (Å²) in [6, 6.07) is 8.44. The Morgan fingerprint density at radius 2 is 1.97 bits per heavy atom. The standard InChI is InChI=1S/C16H20N2O2.C7H9N.C2H6/c1-3-18-14-8-6-5-7-12(14)13-11-17(10-9-15(13)18)16(19)20-4-2;1-7-3-2-5-8-6-4-7;1-2/h5-8H,3-4,9-11H2,1-2H3;3-6H,2H2,1H3;1-2H3. The number of ether oxygens (including phenoxy) is 1. The molecule has 3 heterocycles. The van der Waals surface area contributed by atoms with Crippen molar-refractivity contribution >= 4 is 23.2 Å². The first-order valence-electron chi connectivity index (χ1n) is 11.0. The monoisotopic (exact) mass is 409 g/mol. The minimum Gasteiger partial charge on any atom is -0.450 e. The highest BCUT2D eigenvalue weighted by atomic mass is 16.6. The molecule has 5 heteroatoms. The molecule has 0 N–H and O–H groups in total. The fourth-order valence-electron chi connectivity index (χ4n) is 3.72. The van der Waals surface area contributed by atoms with Gasteiger partial charge in [-0.3, -0.25) is 4.99 Å². The third kappa shape index (κ3) is 5.62. The number of hydrogen-bond acceptors (Lipinski definition) is 3. The third-order valence-electron chi connectivity index (χ3n) is 5.08. The lowest BCUT2D eigenvalue weighted by molar-refractivity contribution is 0.102. The lowest BCUT2D eigenvalue weighted by atomic mass is 10.0. The number of nitrogens with zero attached hydrogens (tertiary/aromatic N) is 3. The Labute approximate surface area is 180 Å². The molecule has 0 bridgehead atoms. The van der Waals surface area contributed by atoms with Crippen LogP contribution in [0.5, 0.6) is 0 Å². The predicted octanol–water partition coefficient (Wildman–Crippen LogP) is 6.12. The van der Waals surface area contributed by atoms with Gasteiger partial charge in [-0.15, -0.1) is 0 Å². The van der Waals surface area contributed by atoms with E-state index < -0.39 is 0 Å². The Hall–Kier alpha value is -2.82. The molecular weight excluding hydrogens is 374 g/mol. The zero-order chi connectivity index (χ0) is 21.9. The summed E-state index contributed by atoms with van der Waals surface area (Å²) >= 11 is 0. The van der Waals surface area contributed by atoms with Gasteiger partial charge in [0.2, 0.25) is 0 Å². The number of rotatable bonds is 2. The lowest BCUT2D eigenvalue weighted by Gasteiger charge is -2.27. The van der Waals surface area contributed by atoms with Gasteiger partial charge in [-0.05, 0) is 32.9 Å². The molecule has 0 saturated carbocycles. The summed E-state index contributed by atoms with van der Waals surface area (Å²) in [5.74, 6) is 0. The van der Waals surface area contributed by atoms with Gasteiger partial charge in [0.25, 0.3) is 0 Å². The summed E-state index contributed by atoms with van der Waals surface area (Å²) in [5.41, 5.74) is 5.21. The second-order valence-electron chi connectivity index (χ2n) is 6.89. The number of amides is 1. The highest BCUT2D eigenvalue weighted by molar-refractivity contribution is 5.86. The average Bonchev–Trinajstić information content (AvgIpc) is 2.90. The van der Waals surface area contributed by atoms with Crippen LogP contribution >= 0.6 is 0 Å². The van der Waals surface area contributed by atoms with Gasteiger partial charge in [0, 0.05) is 60.5 Å². The van der Waals surface area contributed by atoms with Gasteiger partial charge in [0.15, 0.2) is 0 Å². The van der Waals surface area contributed by atoms with Gasteiger partial charge < -0.3 is 14.2 Å². The van der Waals surface area contributed by atoms with Crippen molar-refractivity contribution in [2.75, 3.05) is 13.2 Å². The van der Waals surface area contributed by atoms with Crippen molar-refractivity contribution in [1.82, 2.24) is 9.47 Å². The van der Waals surface area contributed by atoms with Gasteiger partial charge in [-0.1, -0.05) is 43.7 Å². The molecule has 0 saturated heterocycles. The average molecular weight is 410 g/mol. The summed E-state index contributed by atoms with van der Waals surface area (Å²) in [5, 5.41) is 1.26. The molecule has 1 amide bonds. The predicted molar refractivity (Wildman–Crippen MR) is 126 cm³/mol. The van der Waals surface area contributed by atoms with Crippen LogP contribution in [0.3, 0.4) is 0 Å². The van der Waals surface area contributed by atoms with Crippen molar-refractivity contribution in [1.29, 1.82) is 0 Å². The van der Waals surface area contributed by atoms with E-state index in [2.05, 4.69) is 53.7 Å². The zero-order valence-corrected chi connectivity index (χ0v) is 19.0. The fraction of sp³-hybridized carbons (Fsp3) is 0.440. The number of benzene rings is 1. The minimum absolute atomic E-state index is 0.202. The summed E-state index contributed by atoms with van der Waals surface area (Å²) in [4.78, 5) is 17.7. The molecule has 162 valence electrons. The number of allylic oxidation sites excluding steroid dienone is 3. The summed E-state index contributed by atoms with van der Waals surface area (Å²) in [6.07, 6.45) is 9.53. The normalized spacial score (nSPS) is 14.6. The van der Waals surface area contributed by atoms with Crippen molar-refractivity contribution in [3.63, 3.8) is 0 Å². The molecule has 30 heavy (non-hydrogen) atoms. The van der Waals surface area contributed by atoms with E-state index in [9.17, 15) is 4.79 Å². The van der Waals surface area contributed by atoms with Crippen LogP contribution in [0.4, 0.5) is 4.79 Å². The Bertz CT molecular complexity index is 919. The molecule has 1 aromatic carbocycles. The topological polar surface area (TPSA) is 46.8 Å². The molecule has 0 atom stereocenters. The molecular formula is C25H35N3O2.